The predicted molar refractivity (Wildman–Crippen MR) is 144 cm³/mol. The maximum Gasteiger partial charge on any atom is 0.126 e. The van der Waals surface area contributed by atoms with E-state index in [-0.39, 0.29) is 11.6 Å². The van der Waals surface area contributed by atoms with Gasteiger partial charge in [-0.25, -0.2) is 8.78 Å². The zero-order valence-electron chi connectivity index (χ0n) is 20.8. The third-order valence-corrected chi connectivity index (χ3v) is 6.07. The van der Waals surface area contributed by atoms with Crippen LogP contribution in [-0.2, 0) is 0 Å². The second-order valence-electron chi connectivity index (χ2n) is 8.60. The van der Waals surface area contributed by atoms with Gasteiger partial charge in [-0.1, -0.05) is 54.1 Å². The van der Waals surface area contributed by atoms with Gasteiger partial charge in [0.05, 0.1) is 14.2 Å². The highest BCUT2D eigenvalue weighted by Crippen LogP contribution is 2.36. The van der Waals surface area contributed by atoms with E-state index in [2.05, 4.69) is 24.3 Å². The van der Waals surface area contributed by atoms with Crippen molar-refractivity contribution < 1.29 is 18.3 Å². The van der Waals surface area contributed by atoms with Crippen molar-refractivity contribution in [1.82, 2.24) is 0 Å². The van der Waals surface area contributed by atoms with Gasteiger partial charge in [-0.3, -0.25) is 0 Å². The van der Waals surface area contributed by atoms with E-state index in [0.29, 0.717) is 11.5 Å². The van der Waals surface area contributed by atoms with E-state index in [9.17, 15) is 8.78 Å². The predicted octanol–water partition coefficient (Wildman–Crippen LogP) is 8.44. The van der Waals surface area contributed by atoms with Crippen LogP contribution >= 0.6 is 0 Å². The van der Waals surface area contributed by atoms with E-state index in [1.807, 2.05) is 38.1 Å². The first-order valence-electron chi connectivity index (χ1n) is 11.6. The molecule has 4 heteroatoms. The fourth-order valence-electron chi connectivity index (χ4n) is 4.05. The van der Waals surface area contributed by atoms with Crippen molar-refractivity contribution in [1.29, 1.82) is 0 Å². The monoisotopic (exact) mass is 482 g/mol. The molecule has 0 saturated heterocycles. The molecule has 0 saturated carbocycles. The van der Waals surface area contributed by atoms with Crippen molar-refractivity contribution in [2.45, 2.75) is 13.8 Å². The van der Waals surface area contributed by atoms with Gasteiger partial charge in [0.15, 0.2) is 0 Å². The first-order chi connectivity index (χ1) is 17.4. The molecule has 0 spiro atoms. The average Bonchev–Trinajstić information content (AvgIpc) is 2.89. The molecule has 0 amide bonds. The molecule has 0 radical (unpaired) electrons. The fourth-order valence-corrected chi connectivity index (χ4v) is 4.05. The molecule has 0 aliphatic heterocycles. The van der Waals surface area contributed by atoms with Crippen LogP contribution in [0.25, 0.3) is 23.3 Å². The summed E-state index contributed by atoms with van der Waals surface area (Å²) in [5.74, 6) is 0.785. The Balaban J connectivity index is 1.84. The SMILES string of the molecule is COc1cc(C=C(c2ccc(C)cc2)c2ccc(F)cc2)c(OC)cc1C=C(C)c1ccc(F)cc1. The minimum Gasteiger partial charge on any atom is -0.496 e. The van der Waals surface area contributed by atoms with Crippen molar-refractivity contribution in [3.05, 3.63) is 130 Å². The topological polar surface area (TPSA) is 18.5 Å². The average molecular weight is 483 g/mol. The van der Waals surface area contributed by atoms with Crippen LogP contribution in [0.3, 0.4) is 0 Å². The van der Waals surface area contributed by atoms with Gasteiger partial charge in [-0.15, -0.1) is 0 Å². The highest BCUT2D eigenvalue weighted by molar-refractivity contribution is 5.93. The summed E-state index contributed by atoms with van der Waals surface area (Å²) in [6, 6.07) is 24.9. The molecule has 0 bridgehead atoms. The summed E-state index contributed by atoms with van der Waals surface area (Å²) in [5.41, 5.74) is 7.52. The van der Waals surface area contributed by atoms with E-state index in [1.54, 1.807) is 38.5 Å². The molecule has 0 N–H and O–H groups in total. The third kappa shape index (κ3) is 5.72. The molecule has 2 nitrogen and oxygen atoms in total. The summed E-state index contributed by atoms with van der Waals surface area (Å²) in [5, 5.41) is 0. The Hall–Kier alpha value is -4.18. The Bertz CT molecular complexity index is 1350. The molecule has 4 aromatic rings. The molecular weight excluding hydrogens is 454 g/mol. The number of aryl methyl sites for hydroxylation is 1. The van der Waals surface area contributed by atoms with E-state index in [1.165, 1.54) is 24.3 Å². The van der Waals surface area contributed by atoms with E-state index < -0.39 is 0 Å². The molecule has 0 fully saturated rings. The lowest BCUT2D eigenvalue weighted by Gasteiger charge is -2.15. The van der Waals surface area contributed by atoms with Crippen molar-refractivity contribution >= 4 is 23.3 Å². The van der Waals surface area contributed by atoms with Crippen molar-refractivity contribution in [3.8, 4) is 11.5 Å². The maximum absolute atomic E-state index is 13.7. The molecular formula is C32H28F2O2. The number of methoxy groups -OCH3 is 2. The van der Waals surface area contributed by atoms with Gasteiger partial charge in [0.2, 0.25) is 0 Å². The smallest absolute Gasteiger partial charge is 0.126 e. The molecule has 182 valence electrons. The number of allylic oxidation sites excluding steroid dienone is 1. The minimum atomic E-state index is -0.283. The molecule has 0 aromatic heterocycles. The Labute approximate surface area is 211 Å². The van der Waals surface area contributed by atoms with Crippen molar-refractivity contribution in [3.63, 3.8) is 0 Å². The lowest BCUT2D eigenvalue weighted by Crippen LogP contribution is -1.95. The normalized spacial score (nSPS) is 11.9. The van der Waals surface area contributed by atoms with Gasteiger partial charge in [0.25, 0.3) is 0 Å². The molecule has 0 aliphatic rings. The van der Waals surface area contributed by atoms with Crippen molar-refractivity contribution in [2.24, 2.45) is 0 Å². The minimum absolute atomic E-state index is 0.271. The Morgan fingerprint density at radius 2 is 1.03 bits per heavy atom. The van der Waals surface area contributed by atoms with Crippen LogP contribution in [0.15, 0.2) is 84.9 Å². The Morgan fingerprint density at radius 1 is 0.611 bits per heavy atom. The molecule has 0 aliphatic carbocycles. The lowest BCUT2D eigenvalue weighted by atomic mass is 9.94. The maximum atomic E-state index is 13.7. The second kappa shape index (κ2) is 11.0. The van der Waals surface area contributed by atoms with Gasteiger partial charge < -0.3 is 9.47 Å². The Kier molecular flexibility index (Phi) is 7.65. The Morgan fingerprint density at radius 3 is 1.50 bits per heavy atom. The van der Waals surface area contributed by atoms with Crippen LogP contribution in [0.4, 0.5) is 8.78 Å². The standard InChI is InChI=1S/C32H28F2O2/c1-21-5-7-24(8-6-21)30(25-11-15-29(34)16-12-25)18-27-20-31(35-3)26(19-32(27)36-4)17-22(2)23-9-13-28(33)14-10-23/h5-20H,1-4H3. The highest BCUT2D eigenvalue weighted by Gasteiger charge is 2.13. The summed E-state index contributed by atoms with van der Waals surface area (Å²) in [4.78, 5) is 0. The van der Waals surface area contributed by atoms with Crippen LogP contribution in [-0.4, -0.2) is 14.2 Å². The van der Waals surface area contributed by atoms with E-state index in [4.69, 9.17) is 9.47 Å². The third-order valence-electron chi connectivity index (χ3n) is 6.07. The quantitative estimate of drug-likeness (QED) is 0.246. The van der Waals surface area contributed by atoms with Crippen LogP contribution in [0.1, 0.15) is 40.3 Å². The summed E-state index contributed by atoms with van der Waals surface area (Å²) in [6.45, 7) is 4.01. The van der Waals surface area contributed by atoms with Gasteiger partial charge in [-0.2, -0.15) is 0 Å². The van der Waals surface area contributed by atoms with Crippen LogP contribution in [0, 0.1) is 18.6 Å². The number of hydrogen-bond acceptors (Lipinski definition) is 2. The zero-order chi connectivity index (χ0) is 25.7. The van der Waals surface area contributed by atoms with Gasteiger partial charge >= 0.3 is 0 Å². The zero-order valence-corrected chi connectivity index (χ0v) is 20.8. The number of halogens is 2. The lowest BCUT2D eigenvalue weighted by molar-refractivity contribution is 0.401. The van der Waals surface area contributed by atoms with Gasteiger partial charge in [0.1, 0.15) is 23.1 Å². The highest BCUT2D eigenvalue weighted by atomic mass is 19.1. The number of ether oxygens (including phenoxy) is 2. The summed E-state index contributed by atoms with van der Waals surface area (Å²) in [7, 11) is 3.25. The largest absolute Gasteiger partial charge is 0.496 e. The second-order valence-corrected chi connectivity index (χ2v) is 8.60. The van der Waals surface area contributed by atoms with Gasteiger partial charge in [0, 0.05) is 11.1 Å². The number of hydrogen-bond donors (Lipinski definition) is 0. The van der Waals surface area contributed by atoms with Crippen LogP contribution < -0.4 is 9.47 Å². The fraction of sp³-hybridized carbons (Fsp3) is 0.125. The first-order valence-corrected chi connectivity index (χ1v) is 11.6. The molecule has 0 unspecified atom stereocenters. The molecule has 4 rings (SSSR count). The molecule has 36 heavy (non-hydrogen) atoms. The van der Waals surface area contributed by atoms with Crippen LogP contribution in [0.2, 0.25) is 0 Å². The summed E-state index contributed by atoms with van der Waals surface area (Å²) < 4.78 is 38.5. The van der Waals surface area contributed by atoms with Crippen molar-refractivity contribution in [2.75, 3.05) is 14.2 Å². The molecule has 4 aromatic carbocycles. The van der Waals surface area contributed by atoms with Gasteiger partial charge in [-0.05, 0) is 90.2 Å². The molecule has 0 heterocycles. The van der Waals surface area contributed by atoms with E-state index in [0.717, 1.165) is 44.5 Å². The summed E-state index contributed by atoms with van der Waals surface area (Å²) >= 11 is 0. The number of benzene rings is 4. The summed E-state index contributed by atoms with van der Waals surface area (Å²) in [6.07, 6.45) is 4.02. The first kappa shape index (κ1) is 24.9. The molecule has 0 atom stereocenters. The van der Waals surface area contributed by atoms with Crippen LogP contribution in [0.5, 0.6) is 11.5 Å². The van der Waals surface area contributed by atoms with E-state index >= 15 is 0 Å². The number of rotatable bonds is 7.